The molecule has 1 unspecified atom stereocenters. The molecule has 0 aromatic heterocycles. The van der Waals surface area contributed by atoms with Gasteiger partial charge in [-0.05, 0) is 38.9 Å². The van der Waals surface area contributed by atoms with Crippen LogP contribution in [0.5, 0.6) is 0 Å². The summed E-state index contributed by atoms with van der Waals surface area (Å²) in [5.41, 5.74) is 1.07. The van der Waals surface area contributed by atoms with Crippen LogP contribution in [0.25, 0.3) is 0 Å². The molecule has 1 aromatic rings. The lowest BCUT2D eigenvalue weighted by atomic mass is 10.2. The Kier molecular flexibility index (Phi) is 6.52. The summed E-state index contributed by atoms with van der Waals surface area (Å²) in [6.07, 6.45) is 3.47. The zero-order valence-electron chi connectivity index (χ0n) is 12.1. The van der Waals surface area contributed by atoms with E-state index < -0.39 is 15.1 Å². The van der Waals surface area contributed by atoms with Gasteiger partial charge in [0, 0.05) is 6.54 Å². The van der Waals surface area contributed by atoms with Gasteiger partial charge in [-0.2, -0.15) is 0 Å². The zero-order valence-corrected chi connectivity index (χ0v) is 13.0. The molecule has 0 fully saturated rings. The second-order valence-electron chi connectivity index (χ2n) is 5.08. The third-order valence-corrected chi connectivity index (χ3v) is 5.42. The number of hydrogen-bond acceptors (Lipinski definition) is 3. The van der Waals surface area contributed by atoms with Crippen LogP contribution >= 0.6 is 0 Å². The number of hydrogen-bond donors (Lipinski definition) is 1. The standard InChI is InChI=1S/C15H25NO2S/c1-4-5-6-11-16-12-14(3)19(17,18)15-9-7-13(2)8-10-15/h7-10,14,16H,4-6,11-12H2,1-3H3. The van der Waals surface area contributed by atoms with E-state index in [9.17, 15) is 8.42 Å². The summed E-state index contributed by atoms with van der Waals surface area (Å²) < 4.78 is 24.6. The van der Waals surface area contributed by atoms with Gasteiger partial charge in [0.05, 0.1) is 10.1 Å². The Morgan fingerprint density at radius 3 is 2.37 bits per heavy atom. The van der Waals surface area contributed by atoms with Crippen molar-refractivity contribution in [2.75, 3.05) is 13.1 Å². The molecule has 108 valence electrons. The van der Waals surface area contributed by atoms with Crippen molar-refractivity contribution in [1.82, 2.24) is 5.32 Å². The van der Waals surface area contributed by atoms with Gasteiger partial charge in [0.2, 0.25) is 0 Å². The first kappa shape index (κ1) is 16.2. The molecule has 1 rings (SSSR count). The number of sulfone groups is 1. The topological polar surface area (TPSA) is 46.2 Å². The van der Waals surface area contributed by atoms with Gasteiger partial charge in [-0.25, -0.2) is 8.42 Å². The van der Waals surface area contributed by atoms with Crippen LogP contribution in [0.4, 0.5) is 0 Å². The number of unbranched alkanes of at least 4 members (excludes halogenated alkanes) is 2. The van der Waals surface area contributed by atoms with Crippen molar-refractivity contribution in [2.45, 2.75) is 50.2 Å². The summed E-state index contributed by atoms with van der Waals surface area (Å²) in [6.45, 7) is 7.28. The zero-order chi connectivity index (χ0) is 14.3. The molecule has 0 aliphatic carbocycles. The maximum atomic E-state index is 12.3. The molecule has 0 radical (unpaired) electrons. The largest absolute Gasteiger partial charge is 0.315 e. The van der Waals surface area contributed by atoms with Gasteiger partial charge in [0.25, 0.3) is 0 Å². The van der Waals surface area contributed by atoms with Gasteiger partial charge in [-0.15, -0.1) is 0 Å². The van der Waals surface area contributed by atoms with Crippen LogP contribution < -0.4 is 5.32 Å². The predicted molar refractivity (Wildman–Crippen MR) is 80.2 cm³/mol. The number of benzene rings is 1. The van der Waals surface area contributed by atoms with Gasteiger partial charge in [-0.1, -0.05) is 37.5 Å². The number of rotatable bonds is 8. The van der Waals surface area contributed by atoms with Crippen molar-refractivity contribution < 1.29 is 8.42 Å². The molecule has 0 bridgehead atoms. The smallest absolute Gasteiger partial charge is 0.182 e. The molecule has 0 heterocycles. The highest BCUT2D eigenvalue weighted by molar-refractivity contribution is 7.92. The minimum absolute atomic E-state index is 0.392. The van der Waals surface area contributed by atoms with Gasteiger partial charge >= 0.3 is 0 Å². The van der Waals surface area contributed by atoms with Crippen molar-refractivity contribution in [3.63, 3.8) is 0 Å². The van der Waals surface area contributed by atoms with E-state index in [-0.39, 0.29) is 0 Å². The lowest BCUT2D eigenvalue weighted by Gasteiger charge is -2.14. The Morgan fingerprint density at radius 2 is 1.79 bits per heavy atom. The summed E-state index contributed by atoms with van der Waals surface area (Å²) in [7, 11) is -3.21. The third-order valence-electron chi connectivity index (χ3n) is 3.27. The van der Waals surface area contributed by atoms with E-state index >= 15 is 0 Å². The normalized spacial score (nSPS) is 13.4. The molecule has 0 spiro atoms. The summed E-state index contributed by atoms with van der Waals surface area (Å²) in [5.74, 6) is 0. The highest BCUT2D eigenvalue weighted by Crippen LogP contribution is 2.16. The van der Waals surface area contributed by atoms with Gasteiger partial charge < -0.3 is 5.32 Å². The maximum Gasteiger partial charge on any atom is 0.182 e. The molecule has 0 amide bonds. The average Bonchev–Trinajstić information content (AvgIpc) is 2.38. The van der Waals surface area contributed by atoms with E-state index in [1.807, 2.05) is 19.1 Å². The van der Waals surface area contributed by atoms with E-state index in [0.717, 1.165) is 18.5 Å². The highest BCUT2D eigenvalue weighted by Gasteiger charge is 2.22. The van der Waals surface area contributed by atoms with Gasteiger partial charge in [0.1, 0.15) is 0 Å². The van der Waals surface area contributed by atoms with Crippen LogP contribution in [0.2, 0.25) is 0 Å². The second-order valence-corrected chi connectivity index (χ2v) is 7.45. The van der Waals surface area contributed by atoms with Crippen LogP contribution in [0.1, 0.15) is 38.7 Å². The molecule has 0 saturated carbocycles. The third kappa shape index (κ3) is 4.96. The highest BCUT2D eigenvalue weighted by atomic mass is 32.2. The monoisotopic (exact) mass is 283 g/mol. The van der Waals surface area contributed by atoms with E-state index in [0.29, 0.717) is 11.4 Å². The van der Waals surface area contributed by atoms with Crippen LogP contribution in [0.3, 0.4) is 0 Å². The van der Waals surface area contributed by atoms with E-state index in [4.69, 9.17) is 0 Å². The van der Waals surface area contributed by atoms with E-state index in [1.165, 1.54) is 12.8 Å². The van der Waals surface area contributed by atoms with Crippen molar-refractivity contribution in [3.05, 3.63) is 29.8 Å². The molecular formula is C15H25NO2S. The summed E-state index contributed by atoms with van der Waals surface area (Å²) in [6, 6.07) is 7.07. The molecule has 19 heavy (non-hydrogen) atoms. The summed E-state index contributed by atoms with van der Waals surface area (Å²) in [5, 5.41) is 2.84. The van der Waals surface area contributed by atoms with Crippen molar-refractivity contribution in [1.29, 1.82) is 0 Å². The molecule has 3 nitrogen and oxygen atoms in total. The van der Waals surface area contributed by atoms with Crippen molar-refractivity contribution in [2.24, 2.45) is 0 Å². The average molecular weight is 283 g/mol. The fourth-order valence-electron chi connectivity index (χ4n) is 1.88. The van der Waals surface area contributed by atoms with E-state index in [2.05, 4.69) is 12.2 Å². The molecular weight excluding hydrogens is 258 g/mol. The van der Waals surface area contributed by atoms with Crippen LogP contribution in [-0.2, 0) is 9.84 Å². The number of nitrogens with one attached hydrogen (secondary N) is 1. The SMILES string of the molecule is CCCCCNCC(C)S(=O)(=O)c1ccc(C)cc1. The first-order valence-electron chi connectivity index (χ1n) is 6.99. The van der Waals surface area contributed by atoms with E-state index in [1.54, 1.807) is 19.1 Å². The van der Waals surface area contributed by atoms with Crippen molar-refractivity contribution in [3.8, 4) is 0 Å². The van der Waals surface area contributed by atoms with Gasteiger partial charge in [-0.3, -0.25) is 0 Å². The molecule has 4 heteroatoms. The summed E-state index contributed by atoms with van der Waals surface area (Å²) in [4.78, 5) is 0.418. The first-order valence-corrected chi connectivity index (χ1v) is 8.54. The number of aryl methyl sites for hydroxylation is 1. The Morgan fingerprint density at radius 1 is 1.16 bits per heavy atom. The molecule has 0 aliphatic heterocycles. The molecule has 0 saturated heterocycles. The van der Waals surface area contributed by atoms with Crippen molar-refractivity contribution >= 4 is 9.84 Å². The predicted octanol–water partition coefficient (Wildman–Crippen LogP) is 2.94. The van der Waals surface area contributed by atoms with Crippen LogP contribution in [0.15, 0.2) is 29.2 Å². The minimum atomic E-state index is -3.21. The molecule has 0 aliphatic rings. The lowest BCUT2D eigenvalue weighted by molar-refractivity contribution is 0.564. The molecule has 1 atom stereocenters. The Bertz CT molecular complexity index is 465. The maximum absolute atomic E-state index is 12.3. The molecule has 1 aromatic carbocycles. The van der Waals surface area contributed by atoms with Gasteiger partial charge in [0.15, 0.2) is 9.84 Å². The fourth-order valence-corrected chi connectivity index (χ4v) is 3.19. The first-order chi connectivity index (χ1) is 8.98. The van der Waals surface area contributed by atoms with Crippen LogP contribution in [-0.4, -0.2) is 26.8 Å². The Balaban J connectivity index is 2.54. The second kappa shape index (κ2) is 7.65. The minimum Gasteiger partial charge on any atom is -0.315 e. The van der Waals surface area contributed by atoms with Crippen LogP contribution in [0, 0.1) is 6.92 Å². The Labute approximate surface area is 117 Å². The lowest BCUT2D eigenvalue weighted by Crippen LogP contribution is -2.31. The Hall–Kier alpha value is -0.870. The molecule has 1 N–H and O–H groups in total. The quantitative estimate of drug-likeness (QED) is 0.746. The fraction of sp³-hybridized carbons (Fsp3) is 0.600. The summed E-state index contributed by atoms with van der Waals surface area (Å²) >= 11 is 0.